The zero-order valence-electron chi connectivity index (χ0n) is 20.2. The van der Waals surface area contributed by atoms with Gasteiger partial charge < -0.3 is 24.6 Å². The second-order valence-corrected chi connectivity index (χ2v) is 8.61. The molecule has 2 heterocycles. The van der Waals surface area contributed by atoms with Gasteiger partial charge in [0.1, 0.15) is 5.75 Å². The van der Waals surface area contributed by atoms with E-state index in [4.69, 9.17) is 14.5 Å². The number of fused-ring (bicyclic) bond motifs is 7. The minimum Gasteiger partial charge on any atom is -0.493 e. The average molecular weight is 460 g/mol. The molecule has 0 aliphatic carbocycles. The van der Waals surface area contributed by atoms with Crippen molar-refractivity contribution in [1.29, 1.82) is 0 Å². The monoisotopic (exact) mass is 459 g/mol. The third-order valence-electron chi connectivity index (χ3n) is 5.61. The molecule has 0 saturated heterocycles. The summed E-state index contributed by atoms with van der Waals surface area (Å²) in [7, 11) is 6.30. The van der Waals surface area contributed by atoms with E-state index in [0.717, 1.165) is 53.5 Å². The van der Waals surface area contributed by atoms with Crippen LogP contribution in [0.25, 0.3) is 11.3 Å². The number of aromatic nitrogens is 2. The third-order valence-corrected chi connectivity index (χ3v) is 5.61. The highest BCUT2D eigenvalue weighted by molar-refractivity contribution is 5.66. The molecule has 1 N–H and O–H groups in total. The smallest absolute Gasteiger partial charge is 0.227 e. The number of hydrogen-bond acceptors (Lipinski definition) is 7. The average Bonchev–Trinajstić information content (AvgIpc) is 2.84. The number of hydrogen-bond donors (Lipinski definition) is 1. The number of anilines is 3. The second-order valence-electron chi connectivity index (χ2n) is 8.61. The lowest BCUT2D eigenvalue weighted by atomic mass is 10.1. The van der Waals surface area contributed by atoms with Gasteiger partial charge in [0.05, 0.1) is 25.5 Å². The van der Waals surface area contributed by atoms with Gasteiger partial charge in [0.2, 0.25) is 5.95 Å². The van der Waals surface area contributed by atoms with Crippen molar-refractivity contribution in [3.63, 3.8) is 0 Å². The van der Waals surface area contributed by atoms with Gasteiger partial charge >= 0.3 is 0 Å². The van der Waals surface area contributed by atoms with Gasteiger partial charge in [0, 0.05) is 48.8 Å². The van der Waals surface area contributed by atoms with E-state index in [-0.39, 0.29) is 0 Å². The molecule has 0 amide bonds. The van der Waals surface area contributed by atoms with Gasteiger partial charge in [0.25, 0.3) is 0 Å². The van der Waals surface area contributed by atoms with Crippen molar-refractivity contribution in [1.82, 2.24) is 14.9 Å². The zero-order chi connectivity index (χ0) is 23.8. The molecule has 0 atom stereocenters. The van der Waals surface area contributed by atoms with Crippen molar-refractivity contribution in [2.45, 2.75) is 13.0 Å². The number of nitrogens with one attached hydrogen (secondary N) is 1. The second kappa shape index (κ2) is 11.6. The van der Waals surface area contributed by atoms with E-state index in [9.17, 15) is 0 Å². The molecule has 178 valence electrons. The van der Waals surface area contributed by atoms with Crippen molar-refractivity contribution in [2.24, 2.45) is 0 Å². The molecule has 7 nitrogen and oxygen atoms in total. The van der Waals surface area contributed by atoms with E-state index in [2.05, 4.69) is 71.6 Å². The van der Waals surface area contributed by atoms with Crippen LogP contribution in [0.3, 0.4) is 0 Å². The molecule has 1 aromatic heterocycles. The molecule has 1 aliphatic heterocycles. The maximum absolute atomic E-state index is 5.99. The Morgan fingerprint density at radius 3 is 2.79 bits per heavy atom. The van der Waals surface area contributed by atoms with E-state index in [0.29, 0.717) is 25.8 Å². The van der Waals surface area contributed by atoms with Crippen LogP contribution < -0.4 is 15.0 Å². The van der Waals surface area contributed by atoms with Crippen molar-refractivity contribution >= 4 is 17.3 Å². The quantitative estimate of drug-likeness (QED) is 0.566. The van der Waals surface area contributed by atoms with Gasteiger partial charge in [-0.25, -0.2) is 9.97 Å². The Bertz CT molecular complexity index is 1120. The summed E-state index contributed by atoms with van der Waals surface area (Å²) in [5, 5.41) is 3.36. The topological polar surface area (TPSA) is 62.8 Å². The summed E-state index contributed by atoms with van der Waals surface area (Å²) in [6.45, 7) is 3.59. The predicted octanol–water partition coefficient (Wildman–Crippen LogP) is 4.74. The molecule has 6 bridgehead atoms. The van der Waals surface area contributed by atoms with E-state index in [1.165, 1.54) is 0 Å². The first kappa shape index (κ1) is 23.7. The Kier molecular flexibility index (Phi) is 8.12. The van der Waals surface area contributed by atoms with Crippen LogP contribution in [0.1, 0.15) is 12.0 Å². The fourth-order valence-electron chi connectivity index (χ4n) is 3.74. The highest BCUT2D eigenvalue weighted by atomic mass is 16.5. The predicted molar refractivity (Wildman–Crippen MR) is 138 cm³/mol. The normalized spacial score (nSPS) is 14.0. The Labute approximate surface area is 202 Å². The molecule has 0 spiro atoms. The summed E-state index contributed by atoms with van der Waals surface area (Å²) in [6, 6.07) is 16.2. The Morgan fingerprint density at radius 2 is 1.91 bits per heavy atom. The van der Waals surface area contributed by atoms with Gasteiger partial charge in [-0.2, -0.15) is 0 Å². The highest BCUT2D eigenvalue weighted by Gasteiger charge is 2.11. The summed E-state index contributed by atoms with van der Waals surface area (Å²) in [5.41, 5.74) is 5.03. The molecule has 7 heteroatoms. The first-order valence-corrected chi connectivity index (χ1v) is 11.6. The van der Waals surface area contributed by atoms with Gasteiger partial charge in [-0.1, -0.05) is 24.3 Å². The van der Waals surface area contributed by atoms with Crippen LogP contribution in [0.2, 0.25) is 0 Å². The number of rotatable bonds is 4. The van der Waals surface area contributed by atoms with Gasteiger partial charge in [-0.3, -0.25) is 0 Å². The van der Waals surface area contributed by atoms with Gasteiger partial charge in [-0.15, -0.1) is 0 Å². The fraction of sp³-hybridized carbons (Fsp3) is 0.333. The van der Waals surface area contributed by atoms with E-state index >= 15 is 0 Å². The minimum absolute atomic E-state index is 0.517. The highest BCUT2D eigenvalue weighted by Crippen LogP contribution is 2.27. The molecule has 1 aliphatic rings. The first-order chi connectivity index (χ1) is 16.6. The van der Waals surface area contributed by atoms with Crippen LogP contribution in [-0.2, 0) is 11.3 Å². The molecule has 0 fully saturated rings. The lowest BCUT2D eigenvalue weighted by molar-refractivity contribution is 0.148. The lowest BCUT2D eigenvalue weighted by Crippen LogP contribution is -2.29. The molecule has 0 radical (unpaired) electrons. The maximum Gasteiger partial charge on any atom is 0.227 e. The molecule has 2 aromatic carbocycles. The molecule has 4 rings (SSSR count). The lowest BCUT2D eigenvalue weighted by Gasteiger charge is -2.25. The standard InChI is InChI=1S/C27H33N5O2/c1-31(2)14-15-32(3)26-11-10-23-18-22(26)20-33-16-5-4-6-17-34-24-9-7-8-21(19-24)25-12-13-28-27(29-23)30-25/h4-5,7-13,18-19H,6,14-17,20H2,1-3H3,(H,28,29,30). The number of ether oxygens (including phenoxy) is 2. The summed E-state index contributed by atoms with van der Waals surface area (Å²) < 4.78 is 11.9. The van der Waals surface area contributed by atoms with E-state index in [1.807, 2.05) is 30.3 Å². The number of likely N-dealkylation sites (N-methyl/N-ethyl adjacent to an activating group) is 2. The van der Waals surface area contributed by atoms with Crippen molar-refractivity contribution < 1.29 is 9.47 Å². The van der Waals surface area contributed by atoms with Crippen LogP contribution in [0.15, 0.2) is 66.9 Å². The number of benzene rings is 2. The van der Waals surface area contributed by atoms with Crippen molar-refractivity contribution in [3.8, 4) is 17.0 Å². The van der Waals surface area contributed by atoms with Crippen LogP contribution in [0, 0.1) is 0 Å². The fourth-order valence-corrected chi connectivity index (χ4v) is 3.74. The summed E-state index contributed by atoms with van der Waals surface area (Å²) in [5.74, 6) is 1.38. The molecule has 3 aromatic rings. The third kappa shape index (κ3) is 6.56. The molecular formula is C27H33N5O2. The largest absolute Gasteiger partial charge is 0.493 e. The minimum atomic E-state index is 0.517. The summed E-state index contributed by atoms with van der Waals surface area (Å²) in [6.07, 6.45) is 6.75. The molecular weight excluding hydrogens is 426 g/mol. The first-order valence-electron chi connectivity index (χ1n) is 11.6. The van der Waals surface area contributed by atoms with Crippen molar-refractivity contribution in [2.75, 3.05) is 57.7 Å². The zero-order valence-corrected chi connectivity index (χ0v) is 20.2. The van der Waals surface area contributed by atoms with Gasteiger partial charge in [0.15, 0.2) is 0 Å². The molecule has 34 heavy (non-hydrogen) atoms. The van der Waals surface area contributed by atoms with Crippen LogP contribution in [-0.4, -0.2) is 62.3 Å². The summed E-state index contributed by atoms with van der Waals surface area (Å²) >= 11 is 0. The van der Waals surface area contributed by atoms with E-state index in [1.54, 1.807) is 6.20 Å². The SMILES string of the molecule is CN(C)CCN(C)c1ccc2cc1COCC=CCCOc1cccc(c1)-c1ccnc(n1)N2. The van der Waals surface area contributed by atoms with Crippen LogP contribution in [0.5, 0.6) is 5.75 Å². The Balaban J connectivity index is 1.64. The molecule has 0 unspecified atom stereocenters. The molecule has 0 saturated carbocycles. The Hall–Kier alpha value is -3.42. The Morgan fingerprint density at radius 1 is 1.00 bits per heavy atom. The summed E-state index contributed by atoms with van der Waals surface area (Å²) in [4.78, 5) is 13.6. The van der Waals surface area contributed by atoms with Gasteiger partial charge in [-0.05, 0) is 56.9 Å². The maximum atomic E-state index is 5.99. The number of nitrogens with zero attached hydrogens (tertiary/aromatic N) is 4. The van der Waals surface area contributed by atoms with Crippen LogP contribution >= 0.6 is 0 Å². The van der Waals surface area contributed by atoms with Crippen molar-refractivity contribution in [3.05, 3.63) is 72.4 Å². The van der Waals surface area contributed by atoms with E-state index < -0.39 is 0 Å². The van der Waals surface area contributed by atoms with Crippen LogP contribution in [0.4, 0.5) is 17.3 Å².